The van der Waals surface area contributed by atoms with E-state index in [2.05, 4.69) is 25.8 Å². The summed E-state index contributed by atoms with van der Waals surface area (Å²) >= 11 is 0. The van der Waals surface area contributed by atoms with E-state index in [1.165, 1.54) is 17.7 Å². The number of hydrogen-bond acceptors (Lipinski definition) is 5. The molecule has 1 amide bonds. The van der Waals surface area contributed by atoms with Gasteiger partial charge < -0.3 is 9.80 Å². The SMILES string of the molecule is CN(Cc1ccccc1)C(=O)CC[C@@H]1CN(Cc2cccnc2)CC[C@@H]1N1CCN(c2cccc(C(F)(F)F)c2)CC1. The van der Waals surface area contributed by atoms with Crippen molar-refractivity contribution >= 4 is 11.6 Å². The van der Waals surface area contributed by atoms with E-state index in [1.807, 2.05) is 54.5 Å². The van der Waals surface area contributed by atoms with E-state index < -0.39 is 11.7 Å². The van der Waals surface area contributed by atoms with Crippen LogP contribution in [0.2, 0.25) is 0 Å². The Bertz CT molecular complexity index is 1280. The van der Waals surface area contributed by atoms with Crippen LogP contribution >= 0.6 is 0 Å². The third kappa shape index (κ3) is 7.89. The predicted molar refractivity (Wildman–Crippen MR) is 159 cm³/mol. The second-order valence-electron chi connectivity index (χ2n) is 11.6. The summed E-state index contributed by atoms with van der Waals surface area (Å²) in [6, 6.07) is 20.1. The lowest BCUT2D eigenvalue weighted by atomic mass is 9.86. The monoisotopic (exact) mass is 579 g/mol. The van der Waals surface area contributed by atoms with Crippen molar-refractivity contribution in [2.75, 3.05) is 51.2 Å². The summed E-state index contributed by atoms with van der Waals surface area (Å²) in [4.78, 5) is 26.3. The van der Waals surface area contributed by atoms with Gasteiger partial charge in [-0.25, -0.2) is 0 Å². The summed E-state index contributed by atoms with van der Waals surface area (Å²) in [5.41, 5.74) is 2.32. The van der Waals surface area contributed by atoms with Crippen molar-refractivity contribution < 1.29 is 18.0 Å². The first kappa shape index (κ1) is 30.0. The molecular formula is C33H40F3N5O. The van der Waals surface area contributed by atoms with Crippen LogP contribution in [0.25, 0.3) is 0 Å². The van der Waals surface area contributed by atoms with Gasteiger partial charge in [0.25, 0.3) is 0 Å². The molecule has 0 spiro atoms. The molecule has 2 atom stereocenters. The maximum Gasteiger partial charge on any atom is 0.416 e. The fraction of sp³-hybridized carbons (Fsp3) is 0.455. The Kier molecular flexibility index (Phi) is 9.80. The number of nitrogens with zero attached hydrogens (tertiary/aromatic N) is 5. The fourth-order valence-electron chi connectivity index (χ4n) is 6.39. The second-order valence-corrected chi connectivity index (χ2v) is 11.6. The molecule has 0 N–H and O–H groups in total. The normalized spacial score (nSPS) is 20.4. The molecule has 2 fully saturated rings. The van der Waals surface area contributed by atoms with E-state index >= 15 is 0 Å². The highest BCUT2D eigenvalue weighted by Crippen LogP contribution is 2.33. The van der Waals surface area contributed by atoms with E-state index in [0.29, 0.717) is 43.7 Å². The first-order valence-corrected chi connectivity index (χ1v) is 14.8. The van der Waals surface area contributed by atoms with Crippen LogP contribution in [-0.4, -0.2) is 77.9 Å². The van der Waals surface area contributed by atoms with Crippen molar-refractivity contribution in [3.63, 3.8) is 0 Å². The molecule has 2 aromatic carbocycles. The number of alkyl halides is 3. The smallest absolute Gasteiger partial charge is 0.369 e. The van der Waals surface area contributed by atoms with Gasteiger partial charge in [-0.05, 0) is 60.7 Å². The minimum absolute atomic E-state index is 0.149. The number of pyridine rings is 1. The van der Waals surface area contributed by atoms with Crippen LogP contribution in [0, 0.1) is 5.92 Å². The van der Waals surface area contributed by atoms with Crippen LogP contribution in [0.3, 0.4) is 0 Å². The quantitative estimate of drug-likeness (QED) is 0.333. The third-order valence-electron chi connectivity index (χ3n) is 8.65. The molecule has 1 aromatic heterocycles. The summed E-state index contributed by atoms with van der Waals surface area (Å²) < 4.78 is 39.8. The number of hydrogen-bond donors (Lipinski definition) is 0. The van der Waals surface area contributed by atoms with E-state index in [1.54, 1.807) is 12.3 Å². The van der Waals surface area contributed by atoms with Gasteiger partial charge in [-0.15, -0.1) is 0 Å². The maximum absolute atomic E-state index is 13.3. The lowest BCUT2D eigenvalue weighted by Gasteiger charge is -2.47. The Labute approximate surface area is 246 Å². The van der Waals surface area contributed by atoms with Crippen molar-refractivity contribution in [3.8, 4) is 0 Å². The lowest BCUT2D eigenvalue weighted by Crippen LogP contribution is -2.56. The number of piperazine rings is 1. The number of carbonyl (C=O) groups excluding carboxylic acids is 1. The molecule has 5 rings (SSSR count). The number of halogens is 3. The highest BCUT2D eigenvalue weighted by Gasteiger charge is 2.36. The zero-order valence-corrected chi connectivity index (χ0v) is 24.2. The van der Waals surface area contributed by atoms with Gasteiger partial charge in [-0.3, -0.25) is 19.6 Å². The number of carbonyl (C=O) groups is 1. The topological polar surface area (TPSA) is 42.9 Å². The average Bonchev–Trinajstić information content (AvgIpc) is 3.01. The van der Waals surface area contributed by atoms with Crippen LogP contribution in [0.5, 0.6) is 0 Å². The molecule has 6 nitrogen and oxygen atoms in total. The molecule has 9 heteroatoms. The molecule has 0 bridgehead atoms. The van der Waals surface area contributed by atoms with E-state index in [0.717, 1.165) is 57.2 Å². The van der Waals surface area contributed by atoms with Crippen LogP contribution < -0.4 is 4.90 Å². The fourth-order valence-corrected chi connectivity index (χ4v) is 6.39. The molecule has 2 aliphatic rings. The van der Waals surface area contributed by atoms with Gasteiger partial charge in [-0.1, -0.05) is 42.5 Å². The van der Waals surface area contributed by atoms with Crippen LogP contribution in [0.1, 0.15) is 36.0 Å². The van der Waals surface area contributed by atoms with Crippen LogP contribution in [0.15, 0.2) is 79.1 Å². The zero-order valence-electron chi connectivity index (χ0n) is 24.2. The zero-order chi connectivity index (χ0) is 29.5. The highest BCUT2D eigenvalue weighted by molar-refractivity contribution is 5.75. The molecule has 0 radical (unpaired) electrons. The summed E-state index contributed by atoms with van der Waals surface area (Å²) in [7, 11) is 1.87. The highest BCUT2D eigenvalue weighted by atomic mass is 19.4. The molecule has 0 aliphatic carbocycles. The number of rotatable bonds is 9. The molecule has 0 saturated carbocycles. The summed E-state index contributed by atoms with van der Waals surface area (Å²) in [6.07, 6.45) is 1.66. The van der Waals surface area contributed by atoms with Crippen molar-refractivity contribution in [1.82, 2.24) is 19.7 Å². The summed E-state index contributed by atoms with van der Waals surface area (Å²) in [6.45, 7) is 6.25. The van der Waals surface area contributed by atoms with Gasteiger partial charge in [0.15, 0.2) is 0 Å². The molecule has 2 saturated heterocycles. The average molecular weight is 580 g/mol. The third-order valence-corrected chi connectivity index (χ3v) is 8.65. The molecule has 0 unspecified atom stereocenters. The molecule has 2 aliphatic heterocycles. The van der Waals surface area contributed by atoms with Crippen LogP contribution in [-0.2, 0) is 24.1 Å². The van der Waals surface area contributed by atoms with E-state index in [4.69, 9.17) is 0 Å². The molecule has 224 valence electrons. The Morgan fingerprint density at radius 1 is 0.952 bits per heavy atom. The van der Waals surface area contributed by atoms with Crippen molar-refractivity contribution in [1.29, 1.82) is 0 Å². The Morgan fingerprint density at radius 2 is 1.71 bits per heavy atom. The van der Waals surface area contributed by atoms with Gasteiger partial charge in [0.05, 0.1) is 5.56 Å². The Balaban J connectivity index is 1.22. The van der Waals surface area contributed by atoms with Gasteiger partial charge >= 0.3 is 6.18 Å². The van der Waals surface area contributed by atoms with E-state index in [-0.39, 0.29) is 5.91 Å². The lowest BCUT2D eigenvalue weighted by molar-refractivity contribution is -0.137. The standard InChI is InChI=1S/C33H40F3N5O/c1-38(23-26-7-3-2-4-8-26)32(42)13-12-28-25-39(24-27-9-6-15-37-22-27)16-14-31(28)41-19-17-40(18-20-41)30-11-5-10-29(21-30)33(34,35)36/h2-11,15,21-22,28,31H,12-14,16-20,23-25H2,1H3/t28-,31+/m1/s1. The summed E-state index contributed by atoms with van der Waals surface area (Å²) in [5, 5.41) is 0. The van der Waals surface area contributed by atoms with Crippen LogP contribution in [0.4, 0.5) is 18.9 Å². The largest absolute Gasteiger partial charge is 0.416 e. The number of anilines is 1. The number of amides is 1. The first-order chi connectivity index (χ1) is 20.3. The number of benzene rings is 2. The number of likely N-dealkylation sites (tertiary alicyclic amines) is 1. The Morgan fingerprint density at radius 3 is 2.43 bits per heavy atom. The Hall–Kier alpha value is -3.43. The van der Waals surface area contributed by atoms with Crippen molar-refractivity contribution in [3.05, 3.63) is 95.8 Å². The number of piperidine rings is 1. The van der Waals surface area contributed by atoms with Gasteiger partial charge in [-0.2, -0.15) is 13.2 Å². The molecule has 3 heterocycles. The van der Waals surface area contributed by atoms with Gasteiger partial charge in [0.1, 0.15) is 0 Å². The van der Waals surface area contributed by atoms with Crippen molar-refractivity contribution in [2.45, 2.75) is 44.6 Å². The van der Waals surface area contributed by atoms with Gasteiger partial charge in [0.2, 0.25) is 5.91 Å². The maximum atomic E-state index is 13.3. The second kappa shape index (κ2) is 13.7. The first-order valence-electron chi connectivity index (χ1n) is 14.8. The minimum Gasteiger partial charge on any atom is -0.369 e. The number of aromatic nitrogens is 1. The summed E-state index contributed by atoms with van der Waals surface area (Å²) in [5.74, 6) is 0.473. The van der Waals surface area contributed by atoms with Gasteiger partial charge in [0, 0.05) is 83.4 Å². The molecular weight excluding hydrogens is 539 g/mol. The van der Waals surface area contributed by atoms with E-state index in [9.17, 15) is 18.0 Å². The predicted octanol–water partition coefficient (Wildman–Crippen LogP) is 5.55. The van der Waals surface area contributed by atoms with Crippen molar-refractivity contribution in [2.24, 2.45) is 5.92 Å². The minimum atomic E-state index is -4.35. The molecule has 42 heavy (non-hydrogen) atoms. The molecule has 3 aromatic rings.